The summed E-state index contributed by atoms with van der Waals surface area (Å²) < 4.78 is 3.21. The summed E-state index contributed by atoms with van der Waals surface area (Å²) in [6, 6.07) is 28.3. The van der Waals surface area contributed by atoms with Crippen LogP contribution in [0, 0.1) is 19.8 Å². The number of nitrogens with zero attached hydrogens (tertiary/aromatic N) is 8. The first kappa shape index (κ1) is 51.3. The highest BCUT2D eigenvalue weighted by atomic mass is 32.1. The van der Waals surface area contributed by atoms with E-state index in [1.165, 1.54) is 78.1 Å². The number of piperazine rings is 1. The van der Waals surface area contributed by atoms with Crippen molar-refractivity contribution in [1.82, 2.24) is 34.9 Å². The Labute approximate surface area is 438 Å². The molecular formula is C62H76N10S. The molecule has 1 saturated heterocycles. The number of pyridine rings is 2. The fourth-order valence-corrected chi connectivity index (χ4v) is 12.2. The van der Waals surface area contributed by atoms with Crippen LogP contribution < -0.4 is 20.4 Å². The van der Waals surface area contributed by atoms with Gasteiger partial charge in [-0.1, -0.05) is 125 Å². The third-order valence-electron chi connectivity index (χ3n) is 15.8. The van der Waals surface area contributed by atoms with Crippen LogP contribution in [0.3, 0.4) is 0 Å². The van der Waals surface area contributed by atoms with Crippen LogP contribution in [-0.4, -0.2) is 68.4 Å². The van der Waals surface area contributed by atoms with Crippen molar-refractivity contribution >= 4 is 61.0 Å². The van der Waals surface area contributed by atoms with Crippen LogP contribution in [0.15, 0.2) is 123 Å². The van der Waals surface area contributed by atoms with Gasteiger partial charge in [0, 0.05) is 92.4 Å². The van der Waals surface area contributed by atoms with Gasteiger partial charge in [0.25, 0.3) is 0 Å². The summed E-state index contributed by atoms with van der Waals surface area (Å²) >= 11 is 1.65. The molecule has 0 amide bonds. The lowest BCUT2D eigenvalue weighted by Crippen LogP contribution is -2.50. The zero-order chi connectivity index (χ0) is 51.0. The number of aromatic nitrogens is 5. The second kappa shape index (κ2) is 23.5. The lowest BCUT2D eigenvalue weighted by Gasteiger charge is -2.39. The molecule has 2 atom stereocenters. The summed E-state index contributed by atoms with van der Waals surface area (Å²) in [5.74, 6) is 3.38. The number of fused-ring (bicyclic) bond motifs is 3. The first-order chi connectivity index (χ1) is 35.5. The quantitative estimate of drug-likeness (QED) is 0.0926. The Balaban J connectivity index is 0.000000181. The SMILES string of the molecule is C=CNC(=C)CCC(C)c1nn(C)c2c(N3CCN(C(C)CCC4CCCCC4)CC3)nccc12.C=Cc1nc(N2CCc3cccc(C(=C)Nc4nc5ccccc5s4)c3C2)ccc1-c1cccc(C)c1C. The highest BCUT2D eigenvalue weighted by Crippen LogP contribution is 2.37. The van der Waals surface area contributed by atoms with Crippen molar-refractivity contribution in [2.75, 3.05) is 47.8 Å². The number of benzene rings is 3. The number of aryl methyl sites for hydroxylation is 2. The molecule has 10 rings (SSSR count). The minimum atomic E-state index is 0.346. The van der Waals surface area contributed by atoms with Crippen molar-refractivity contribution in [3.63, 3.8) is 0 Å². The van der Waals surface area contributed by atoms with Gasteiger partial charge in [-0.15, -0.1) is 0 Å². The van der Waals surface area contributed by atoms with Crippen LogP contribution in [-0.2, 0) is 20.0 Å². The van der Waals surface area contributed by atoms with Gasteiger partial charge >= 0.3 is 0 Å². The van der Waals surface area contributed by atoms with E-state index in [4.69, 9.17) is 20.1 Å². The summed E-state index contributed by atoms with van der Waals surface area (Å²) in [4.78, 5) is 22.2. The van der Waals surface area contributed by atoms with Gasteiger partial charge in [-0.25, -0.2) is 15.0 Å². The molecule has 2 unspecified atom stereocenters. The van der Waals surface area contributed by atoms with E-state index < -0.39 is 0 Å². The number of hydrogen-bond donors (Lipinski definition) is 2. The Hall–Kier alpha value is -6.56. The molecule has 6 heterocycles. The molecule has 2 aliphatic heterocycles. The molecule has 0 spiro atoms. The van der Waals surface area contributed by atoms with E-state index in [1.54, 1.807) is 17.5 Å². The normalized spacial score (nSPS) is 16.1. The zero-order valence-corrected chi connectivity index (χ0v) is 44.9. The third kappa shape index (κ3) is 11.8. The molecule has 10 nitrogen and oxygen atoms in total. The topological polar surface area (TPSA) is 90.3 Å². The molecule has 380 valence electrons. The number of anilines is 3. The molecule has 11 heteroatoms. The largest absolute Gasteiger partial charge is 0.366 e. The number of rotatable bonds is 17. The predicted octanol–water partition coefficient (Wildman–Crippen LogP) is 14.2. The molecule has 3 aromatic carbocycles. The Kier molecular flexibility index (Phi) is 16.6. The van der Waals surface area contributed by atoms with Crippen LogP contribution in [0.5, 0.6) is 0 Å². The maximum Gasteiger partial charge on any atom is 0.188 e. The number of hydrogen-bond acceptors (Lipinski definition) is 10. The van der Waals surface area contributed by atoms with E-state index in [0.717, 1.165) is 131 Å². The van der Waals surface area contributed by atoms with Gasteiger partial charge in [-0.2, -0.15) is 5.10 Å². The zero-order valence-electron chi connectivity index (χ0n) is 44.1. The Morgan fingerprint density at radius 2 is 1.63 bits per heavy atom. The third-order valence-corrected chi connectivity index (χ3v) is 16.8. The van der Waals surface area contributed by atoms with Gasteiger partial charge in [0.15, 0.2) is 10.9 Å². The van der Waals surface area contributed by atoms with Crippen molar-refractivity contribution in [3.05, 3.63) is 162 Å². The summed E-state index contributed by atoms with van der Waals surface area (Å²) in [6.45, 7) is 31.3. The maximum atomic E-state index is 5.06. The fourth-order valence-electron chi connectivity index (χ4n) is 11.3. The Bertz CT molecular complexity index is 3040. The van der Waals surface area contributed by atoms with Crippen LogP contribution in [0.2, 0.25) is 0 Å². The van der Waals surface area contributed by atoms with Gasteiger partial charge in [0.05, 0.1) is 21.6 Å². The summed E-state index contributed by atoms with van der Waals surface area (Å²) in [5.41, 5.74) is 14.8. The van der Waals surface area contributed by atoms with Gasteiger partial charge in [-0.3, -0.25) is 9.58 Å². The average molecular weight is 993 g/mol. The second-order valence-electron chi connectivity index (χ2n) is 20.6. The molecule has 1 aliphatic carbocycles. The number of allylic oxidation sites excluding steroid dienone is 1. The minimum absolute atomic E-state index is 0.346. The van der Waals surface area contributed by atoms with Crippen molar-refractivity contribution in [3.8, 4) is 11.1 Å². The molecule has 2 fully saturated rings. The van der Waals surface area contributed by atoms with Crippen molar-refractivity contribution in [2.45, 2.75) is 110 Å². The van der Waals surface area contributed by atoms with Crippen molar-refractivity contribution < 1.29 is 0 Å². The van der Waals surface area contributed by atoms with E-state index >= 15 is 0 Å². The second-order valence-corrected chi connectivity index (χ2v) is 21.7. The summed E-state index contributed by atoms with van der Waals surface area (Å²) in [6.07, 6.45) is 18.4. The standard InChI is InChI=1S/C33H30N4S.C29H46N6/c1-5-29-27(25-12-8-10-21(2)22(25)3)16-17-32(35-29)37-19-18-24-11-9-13-26(28(24)20-37)23(4)34-33-36-30-14-6-7-15-31(30)38-33;1-6-30-23(3)13-12-22(2)27-26-16-17-31-29(28(26)33(5)32-27)35-20-18-34(19-21-35)24(4)14-15-25-10-8-7-9-11-25/h5-17H,1,4,18-20H2,2-3H3,(H,34,36);6,16-17,22,24-25,30H,1,3,7-15,18-21H2,2,4-5H3. The minimum Gasteiger partial charge on any atom is -0.366 e. The van der Waals surface area contributed by atoms with Gasteiger partial charge < -0.3 is 20.4 Å². The number of para-hydroxylation sites is 1. The van der Waals surface area contributed by atoms with Crippen LogP contribution in [0.25, 0.3) is 44.0 Å². The lowest BCUT2D eigenvalue weighted by atomic mass is 9.85. The van der Waals surface area contributed by atoms with Crippen molar-refractivity contribution in [1.29, 1.82) is 0 Å². The molecule has 0 radical (unpaired) electrons. The summed E-state index contributed by atoms with van der Waals surface area (Å²) in [5, 5.41) is 13.6. The molecule has 4 aromatic heterocycles. The highest BCUT2D eigenvalue weighted by molar-refractivity contribution is 7.22. The molecule has 1 saturated carbocycles. The molecular weight excluding hydrogens is 917 g/mol. The van der Waals surface area contributed by atoms with Gasteiger partial charge in [0.1, 0.15) is 11.3 Å². The van der Waals surface area contributed by atoms with Gasteiger partial charge in [-0.05, 0) is 129 Å². The van der Waals surface area contributed by atoms with Gasteiger partial charge in [0.2, 0.25) is 0 Å². The Morgan fingerprint density at radius 1 is 0.836 bits per heavy atom. The van der Waals surface area contributed by atoms with E-state index in [1.807, 2.05) is 35.2 Å². The average Bonchev–Trinajstić information content (AvgIpc) is 4.00. The van der Waals surface area contributed by atoms with Crippen LogP contribution >= 0.6 is 11.3 Å². The molecule has 7 aromatic rings. The maximum absolute atomic E-state index is 5.06. The monoisotopic (exact) mass is 993 g/mol. The first-order valence-corrected chi connectivity index (χ1v) is 27.5. The van der Waals surface area contributed by atoms with Crippen LogP contribution in [0.4, 0.5) is 16.8 Å². The van der Waals surface area contributed by atoms with E-state index in [-0.39, 0.29) is 0 Å². The molecule has 3 aliphatic rings. The van der Waals surface area contributed by atoms with E-state index in [9.17, 15) is 0 Å². The lowest BCUT2D eigenvalue weighted by molar-refractivity contribution is 0.175. The molecule has 73 heavy (non-hydrogen) atoms. The highest BCUT2D eigenvalue weighted by Gasteiger charge is 2.27. The van der Waals surface area contributed by atoms with E-state index in [2.05, 4.69) is 147 Å². The fraction of sp³-hybridized carbons (Fsp3) is 0.387. The first-order valence-electron chi connectivity index (χ1n) is 26.7. The van der Waals surface area contributed by atoms with Crippen LogP contribution in [0.1, 0.15) is 117 Å². The number of nitrogens with one attached hydrogen (secondary N) is 2. The summed E-state index contributed by atoms with van der Waals surface area (Å²) in [7, 11) is 2.06. The van der Waals surface area contributed by atoms with E-state index in [0.29, 0.717) is 12.0 Å². The predicted molar refractivity (Wildman–Crippen MR) is 310 cm³/mol. The number of thiazole rings is 1. The Morgan fingerprint density at radius 3 is 2.41 bits per heavy atom. The molecule has 0 bridgehead atoms. The molecule has 2 N–H and O–H groups in total. The van der Waals surface area contributed by atoms with Crippen molar-refractivity contribution in [2.24, 2.45) is 13.0 Å². The smallest absolute Gasteiger partial charge is 0.188 e.